The maximum atomic E-state index is 5.98. The zero-order chi connectivity index (χ0) is 13.4. The molecular weight excluding hydrogens is 355 g/mol. The van der Waals surface area contributed by atoms with Crippen molar-refractivity contribution in [3.63, 3.8) is 0 Å². The highest BCUT2D eigenvalue weighted by Crippen LogP contribution is 2.42. The number of nitrogens with two attached hydrogens (primary N) is 1. The highest BCUT2D eigenvalue weighted by Gasteiger charge is 2.29. The molecule has 2 aromatic rings. The highest BCUT2D eigenvalue weighted by atomic mass is 127. The summed E-state index contributed by atoms with van der Waals surface area (Å²) in [6, 6.07) is 5.53. The summed E-state index contributed by atoms with van der Waals surface area (Å²) in [5.41, 5.74) is 7.71. The first kappa shape index (κ1) is 12.6. The Morgan fingerprint density at radius 2 is 2.05 bits per heavy atom. The lowest BCUT2D eigenvalue weighted by molar-refractivity contribution is 0.398. The Hall–Kier alpha value is -1.44. The predicted molar refractivity (Wildman–Crippen MR) is 80.9 cm³/mol. The van der Waals surface area contributed by atoms with Gasteiger partial charge >= 0.3 is 0 Å². The quantitative estimate of drug-likeness (QED) is 0.844. The van der Waals surface area contributed by atoms with Crippen molar-refractivity contribution in [3.8, 4) is 17.4 Å². The van der Waals surface area contributed by atoms with E-state index >= 15 is 0 Å². The van der Waals surface area contributed by atoms with Crippen LogP contribution in [-0.4, -0.2) is 22.1 Å². The Labute approximate surface area is 124 Å². The van der Waals surface area contributed by atoms with E-state index < -0.39 is 0 Å². The molecule has 6 heteroatoms. The van der Waals surface area contributed by atoms with Crippen LogP contribution in [0.5, 0.6) is 5.88 Å². The normalized spacial score (nSPS) is 14.4. The number of hydrogen-bond donors (Lipinski definition) is 1. The van der Waals surface area contributed by atoms with Crippen LogP contribution in [0.4, 0.5) is 5.82 Å². The number of nitrogen functional groups attached to an aromatic ring is 1. The van der Waals surface area contributed by atoms with Crippen molar-refractivity contribution in [1.82, 2.24) is 15.0 Å². The summed E-state index contributed by atoms with van der Waals surface area (Å²) in [4.78, 5) is 13.3. The van der Waals surface area contributed by atoms with Gasteiger partial charge in [0, 0.05) is 12.0 Å². The van der Waals surface area contributed by atoms with Crippen molar-refractivity contribution in [1.29, 1.82) is 0 Å². The second-order valence-corrected chi connectivity index (χ2v) is 5.55. The van der Waals surface area contributed by atoms with E-state index in [0.29, 0.717) is 29.1 Å². The number of anilines is 1. The van der Waals surface area contributed by atoms with Crippen LogP contribution < -0.4 is 10.5 Å². The Bertz CT molecular complexity index is 628. The minimum absolute atomic E-state index is 0.525. The third kappa shape index (κ3) is 2.49. The molecule has 0 bridgehead atoms. The number of aromatic nitrogens is 3. The fraction of sp³-hybridized carbons (Fsp3) is 0.308. The highest BCUT2D eigenvalue weighted by molar-refractivity contribution is 14.1. The van der Waals surface area contributed by atoms with E-state index in [0.717, 1.165) is 9.26 Å². The van der Waals surface area contributed by atoms with Crippen LogP contribution in [0.25, 0.3) is 11.5 Å². The van der Waals surface area contributed by atoms with Crippen molar-refractivity contribution in [2.24, 2.45) is 0 Å². The molecule has 2 aromatic heterocycles. The minimum Gasteiger partial charge on any atom is -0.481 e. The van der Waals surface area contributed by atoms with E-state index in [-0.39, 0.29) is 0 Å². The van der Waals surface area contributed by atoms with Gasteiger partial charge in [-0.2, -0.15) is 0 Å². The number of rotatable bonds is 3. The SMILES string of the molecule is COc1cccc(-c2nc(N)c(I)c(C3CC3)n2)n1. The third-order valence-corrected chi connectivity index (χ3v) is 4.13. The Balaban J connectivity index is 2.08. The number of halogens is 1. The lowest BCUT2D eigenvalue weighted by atomic mass is 10.2. The van der Waals surface area contributed by atoms with Crippen LogP contribution in [0.15, 0.2) is 18.2 Å². The van der Waals surface area contributed by atoms with E-state index in [1.54, 1.807) is 13.2 Å². The molecule has 1 aliphatic rings. The Morgan fingerprint density at radius 3 is 2.74 bits per heavy atom. The molecule has 0 aliphatic heterocycles. The van der Waals surface area contributed by atoms with Gasteiger partial charge in [-0.25, -0.2) is 15.0 Å². The molecular formula is C13H13IN4O. The van der Waals surface area contributed by atoms with Gasteiger partial charge in [0.05, 0.1) is 16.4 Å². The first-order valence-electron chi connectivity index (χ1n) is 6.03. The molecule has 3 rings (SSSR count). The molecule has 1 saturated carbocycles. The summed E-state index contributed by atoms with van der Waals surface area (Å²) in [6.45, 7) is 0. The van der Waals surface area contributed by atoms with Gasteiger partial charge in [0.2, 0.25) is 5.88 Å². The summed E-state index contributed by atoms with van der Waals surface area (Å²) >= 11 is 2.22. The van der Waals surface area contributed by atoms with Crippen molar-refractivity contribution in [2.75, 3.05) is 12.8 Å². The second-order valence-electron chi connectivity index (χ2n) is 4.47. The Kier molecular flexibility index (Phi) is 3.26. The number of nitrogens with zero attached hydrogens (tertiary/aromatic N) is 3. The number of ether oxygens (including phenoxy) is 1. The van der Waals surface area contributed by atoms with E-state index in [1.807, 2.05) is 12.1 Å². The van der Waals surface area contributed by atoms with Crippen LogP contribution >= 0.6 is 22.6 Å². The molecule has 1 fully saturated rings. The first-order valence-corrected chi connectivity index (χ1v) is 7.11. The lowest BCUT2D eigenvalue weighted by Gasteiger charge is -2.08. The van der Waals surface area contributed by atoms with Crippen molar-refractivity contribution in [2.45, 2.75) is 18.8 Å². The molecule has 5 nitrogen and oxygen atoms in total. The molecule has 19 heavy (non-hydrogen) atoms. The van der Waals surface area contributed by atoms with Crippen molar-refractivity contribution < 1.29 is 4.74 Å². The average Bonchev–Trinajstić information content (AvgIpc) is 3.26. The molecule has 2 N–H and O–H groups in total. The molecule has 1 aliphatic carbocycles. The largest absolute Gasteiger partial charge is 0.481 e. The average molecular weight is 368 g/mol. The zero-order valence-electron chi connectivity index (χ0n) is 10.4. The van der Waals surface area contributed by atoms with Crippen LogP contribution in [0.2, 0.25) is 0 Å². The molecule has 0 amide bonds. The molecule has 0 unspecified atom stereocenters. The van der Waals surface area contributed by atoms with E-state index in [9.17, 15) is 0 Å². The van der Waals surface area contributed by atoms with Gasteiger partial charge in [0.1, 0.15) is 11.5 Å². The monoisotopic (exact) mass is 368 g/mol. The molecule has 0 aromatic carbocycles. The lowest BCUT2D eigenvalue weighted by Crippen LogP contribution is -2.05. The third-order valence-electron chi connectivity index (χ3n) is 3.03. The van der Waals surface area contributed by atoms with Gasteiger partial charge in [0.25, 0.3) is 0 Å². The number of pyridine rings is 1. The standard InChI is InChI=1S/C13H13IN4O/c1-19-9-4-2-3-8(16-9)13-17-11(7-5-6-7)10(14)12(15)18-13/h2-4,7H,5-6H2,1H3,(H2,15,17,18). The maximum absolute atomic E-state index is 5.98. The zero-order valence-corrected chi connectivity index (χ0v) is 12.6. The topological polar surface area (TPSA) is 73.9 Å². The maximum Gasteiger partial charge on any atom is 0.213 e. The van der Waals surface area contributed by atoms with Gasteiger partial charge in [-0.05, 0) is 41.5 Å². The van der Waals surface area contributed by atoms with Crippen LogP contribution in [0, 0.1) is 3.57 Å². The summed E-state index contributed by atoms with van der Waals surface area (Å²) < 4.78 is 6.09. The fourth-order valence-corrected chi connectivity index (χ4v) is 2.56. The summed E-state index contributed by atoms with van der Waals surface area (Å²) in [5, 5.41) is 0. The summed E-state index contributed by atoms with van der Waals surface area (Å²) in [6.07, 6.45) is 2.36. The van der Waals surface area contributed by atoms with Crippen molar-refractivity contribution in [3.05, 3.63) is 27.5 Å². The molecule has 0 radical (unpaired) electrons. The number of methoxy groups -OCH3 is 1. The molecule has 0 spiro atoms. The van der Waals surface area contributed by atoms with Gasteiger partial charge in [-0.1, -0.05) is 6.07 Å². The smallest absolute Gasteiger partial charge is 0.213 e. The first-order chi connectivity index (χ1) is 9.19. The van der Waals surface area contributed by atoms with Crippen LogP contribution in [0.3, 0.4) is 0 Å². The van der Waals surface area contributed by atoms with E-state index in [4.69, 9.17) is 10.5 Å². The summed E-state index contributed by atoms with van der Waals surface area (Å²) in [7, 11) is 1.59. The van der Waals surface area contributed by atoms with Gasteiger partial charge in [-0.3, -0.25) is 0 Å². The van der Waals surface area contributed by atoms with Crippen LogP contribution in [0.1, 0.15) is 24.5 Å². The van der Waals surface area contributed by atoms with E-state index in [1.165, 1.54) is 12.8 Å². The van der Waals surface area contributed by atoms with E-state index in [2.05, 4.69) is 37.5 Å². The molecule has 2 heterocycles. The second kappa shape index (κ2) is 4.92. The predicted octanol–water partition coefficient (Wildman–Crippen LogP) is 2.61. The fourth-order valence-electron chi connectivity index (χ4n) is 1.88. The number of hydrogen-bond acceptors (Lipinski definition) is 5. The van der Waals surface area contributed by atoms with Gasteiger partial charge < -0.3 is 10.5 Å². The Morgan fingerprint density at radius 1 is 1.26 bits per heavy atom. The molecule has 0 atom stereocenters. The van der Waals surface area contributed by atoms with Crippen molar-refractivity contribution >= 4 is 28.4 Å². The molecule has 0 saturated heterocycles. The van der Waals surface area contributed by atoms with Gasteiger partial charge in [0.15, 0.2) is 5.82 Å². The summed E-state index contributed by atoms with van der Waals surface area (Å²) in [5.74, 6) is 2.17. The van der Waals surface area contributed by atoms with Gasteiger partial charge in [-0.15, -0.1) is 0 Å². The molecule has 98 valence electrons. The van der Waals surface area contributed by atoms with Crippen LogP contribution in [-0.2, 0) is 0 Å². The minimum atomic E-state index is 0.525.